The molecule has 0 atom stereocenters. The molecule has 1 N–H and O–H groups in total. The van der Waals surface area contributed by atoms with Crippen LogP contribution in [0, 0.1) is 6.92 Å². The number of aromatic nitrogens is 1. The molecule has 1 aromatic heterocycles. The number of thiazole rings is 1. The molecular formula is C22H23N2O4S-. The summed E-state index contributed by atoms with van der Waals surface area (Å²) in [6.45, 7) is 2.75. The zero-order valence-corrected chi connectivity index (χ0v) is 17.3. The van der Waals surface area contributed by atoms with Crippen LogP contribution in [-0.2, 0) is 13.0 Å². The highest BCUT2D eigenvalue weighted by Gasteiger charge is 2.10. The number of hydrogen-bond acceptors (Lipinski definition) is 7. The highest BCUT2D eigenvalue weighted by atomic mass is 32.1. The van der Waals surface area contributed by atoms with E-state index in [-0.39, 0.29) is 4.88 Å². The van der Waals surface area contributed by atoms with E-state index in [2.05, 4.69) is 22.4 Å². The number of aryl methyl sites for hydroxylation is 2. The molecule has 6 nitrogen and oxygen atoms in total. The van der Waals surface area contributed by atoms with Crippen molar-refractivity contribution < 1.29 is 19.4 Å². The van der Waals surface area contributed by atoms with Crippen molar-refractivity contribution in [2.45, 2.75) is 26.3 Å². The number of benzene rings is 2. The lowest BCUT2D eigenvalue weighted by molar-refractivity contribution is -0.254. The Balaban J connectivity index is 1.54. The maximum atomic E-state index is 11.0. The molecule has 0 saturated heterocycles. The first kappa shape index (κ1) is 20.7. The predicted molar refractivity (Wildman–Crippen MR) is 112 cm³/mol. The third-order valence-corrected chi connectivity index (χ3v) is 5.46. The van der Waals surface area contributed by atoms with Gasteiger partial charge in [0.15, 0.2) is 16.6 Å². The minimum atomic E-state index is -1.21. The molecule has 0 unspecified atom stereocenters. The van der Waals surface area contributed by atoms with Crippen molar-refractivity contribution in [2.24, 2.45) is 0 Å². The normalized spacial score (nSPS) is 10.6. The Hall–Kier alpha value is -3.06. The minimum absolute atomic E-state index is 0.143. The summed E-state index contributed by atoms with van der Waals surface area (Å²) in [6.07, 6.45) is 1.88. The average molecular weight is 412 g/mol. The van der Waals surface area contributed by atoms with Crippen molar-refractivity contribution in [1.29, 1.82) is 0 Å². The third kappa shape index (κ3) is 5.71. The molecule has 3 rings (SSSR count). The lowest BCUT2D eigenvalue weighted by atomic mass is 10.1. The topological polar surface area (TPSA) is 83.5 Å². The predicted octanol–water partition coefficient (Wildman–Crippen LogP) is 3.45. The largest absolute Gasteiger partial charge is 0.544 e. The van der Waals surface area contributed by atoms with E-state index in [0.29, 0.717) is 35.5 Å². The number of aromatic carboxylic acids is 1. The summed E-state index contributed by atoms with van der Waals surface area (Å²) in [5.41, 5.74) is 2.72. The van der Waals surface area contributed by atoms with Crippen LogP contribution in [0.15, 0.2) is 48.5 Å². The van der Waals surface area contributed by atoms with Gasteiger partial charge in [0, 0.05) is 6.54 Å². The second kappa shape index (κ2) is 9.93. The second-order valence-corrected chi connectivity index (χ2v) is 7.50. The van der Waals surface area contributed by atoms with Gasteiger partial charge in [-0.15, -0.1) is 0 Å². The first-order valence-corrected chi connectivity index (χ1v) is 10.1. The highest BCUT2D eigenvalue weighted by Crippen LogP contribution is 2.29. The molecule has 0 fully saturated rings. The van der Waals surface area contributed by atoms with Gasteiger partial charge in [-0.25, -0.2) is 4.98 Å². The van der Waals surface area contributed by atoms with Crippen LogP contribution < -0.4 is 19.9 Å². The van der Waals surface area contributed by atoms with Gasteiger partial charge < -0.3 is 24.7 Å². The van der Waals surface area contributed by atoms with Crippen LogP contribution in [0.25, 0.3) is 0 Å². The summed E-state index contributed by atoms with van der Waals surface area (Å²) in [7, 11) is 1.61. The van der Waals surface area contributed by atoms with Crippen LogP contribution >= 0.6 is 11.3 Å². The van der Waals surface area contributed by atoms with Crippen molar-refractivity contribution in [3.8, 4) is 11.5 Å². The molecule has 7 heteroatoms. The summed E-state index contributed by atoms with van der Waals surface area (Å²) in [6, 6.07) is 16.1. The molecule has 29 heavy (non-hydrogen) atoms. The lowest BCUT2D eigenvalue weighted by Gasteiger charge is -2.12. The summed E-state index contributed by atoms with van der Waals surface area (Å²) in [4.78, 5) is 15.4. The van der Waals surface area contributed by atoms with Crippen molar-refractivity contribution in [3.05, 3.63) is 70.2 Å². The van der Waals surface area contributed by atoms with Gasteiger partial charge in [0.2, 0.25) is 0 Å². The molecule has 0 aliphatic heterocycles. The molecule has 0 spiro atoms. The fourth-order valence-corrected chi connectivity index (χ4v) is 3.68. The van der Waals surface area contributed by atoms with Gasteiger partial charge in [-0.3, -0.25) is 0 Å². The van der Waals surface area contributed by atoms with Crippen LogP contribution in [0.5, 0.6) is 11.5 Å². The molecule has 0 amide bonds. The number of ether oxygens (including phenoxy) is 2. The van der Waals surface area contributed by atoms with E-state index in [1.165, 1.54) is 5.56 Å². The van der Waals surface area contributed by atoms with Crippen LogP contribution in [0.3, 0.4) is 0 Å². The average Bonchev–Trinajstić information content (AvgIpc) is 3.11. The summed E-state index contributed by atoms with van der Waals surface area (Å²) in [5.74, 6) is 0.159. The number of carbonyl (C=O) groups is 1. The molecule has 0 radical (unpaired) electrons. The zero-order valence-electron chi connectivity index (χ0n) is 16.4. The first-order valence-electron chi connectivity index (χ1n) is 9.33. The number of carboxylic acid groups (broad SMARTS) is 1. The number of nitrogens with one attached hydrogen (secondary N) is 1. The van der Waals surface area contributed by atoms with Crippen LogP contribution in [0.2, 0.25) is 0 Å². The molecular weight excluding hydrogens is 388 g/mol. The van der Waals surface area contributed by atoms with Gasteiger partial charge in [-0.2, -0.15) is 0 Å². The zero-order chi connectivity index (χ0) is 20.6. The smallest absolute Gasteiger partial charge is 0.183 e. The lowest BCUT2D eigenvalue weighted by Crippen LogP contribution is -2.21. The molecule has 1 heterocycles. The summed E-state index contributed by atoms with van der Waals surface area (Å²) < 4.78 is 11.3. The van der Waals surface area contributed by atoms with Gasteiger partial charge in [0.1, 0.15) is 0 Å². The first-order chi connectivity index (χ1) is 14.1. The van der Waals surface area contributed by atoms with Crippen molar-refractivity contribution in [1.82, 2.24) is 4.98 Å². The molecule has 3 aromatic rings. The van der Waals surface area contributed by atoms with Crippen molar-refractivity contribution in [3.63, 3.8) is 0 Å². The number of nitrogens with zero attached hydrogens (tertiary/aromatic N) is 1. The molecule has 152 valence electrons. The van der Waals surface area contributed by atoms with Crippen LogP contribution in [0.4, 0.5) is 5.13 Å². The third-order valence-electron chi connectivity index (χ3n) is 4.36. The van der Waals surface area contributed by atoms with E-state index in [0.717, 1.165) is 29.7 Å². The number of methoxy groups -OCH3 is 1. The fourth-order valence-electron chi connectivity index (χ4n) is 2.88. The second-order valence-electron chi connectivity index (χ2n) is 6.50. The number of carbonyl (C=O) groups excluding carboxylic acids is 1. The standard InChI is InChI=1S/C22H24N2O4S/c1-15-20(21(25)26)29-22(24-15)23-14-17-10-11-18(19(13-17)27-2)28-12-6-9-16-7-4-3-5-8-16/h3-5,7-8,10-11,13H,6,9,12,14H2,1-2H3,(H,23,24)(H,25,26)/p-1. The Kier molecular flexibility index (Phi) is 7.08. The fraction of sp³-hybridized carbons (Fsp3) is 0.273. The Morgan fingerprint density at radius 3 is 2.62 bits per heavy atom. The maximum Gasteiger partial charge on any atom is 0.183 e. The highest BCUT2D eigenvalue weighted by molar-refractivity contribution is 7.17. The van der Waals surface area contributed by atoms with Crippen molar-refractivity contribution in [2.75, 3.05) is 19.0 Å². The Labute approximate surface area is 174 Å². The quantitative estimate of drug-likeness (QED) is 0.515. The van der Waals surface area contributed by atoms with E-state index >= 15 is 0 Å². The number of rotatable bonds is 10. The van der Waals surface area contributed by atoms with E-state index in [4.69, 9.17) is 9.47 Å². The summed E-state index contributed by atoms with van der Waals surface area (Å²) >= 11 is 1.07. The number of hydrogen-bond donors (Lipinski definition) is 1. The van der Waals surface area contributed by atoms with Gasteiger partial charge in [0.05, 0.1) is 30.3 Å². The van der Waals surface area contributed by atoms with Gasteiger partial charge in [0.25, 0.3) is 0 Å². The SMILES string of the molecule is COc1cc(CNc2nc(C)c(C(=O)[O-])s2)ccc1OCCCc1ccccc1. The van der Waals surface area contributed by atoms with E-state index in [1.54, 1.807) is 14.0 Å². The number of carboxylic acids is 1. The van der Waals surface area contributed by atoms with Gasteiger partial charge in [-0.1, -0.05) is 47.7 Å². The molecule has 0 aliphatic carbocycles. The monoisotopic (exact) mass is 411 g/mol. The maximum absolute atomic E-state index is 11.0. The molecule has 0 bridgehead atoms. The number of anilines is 1. The van der Waals surface area contributed by atoms with Gasteiger partial charge >= 0.3 is 0 Å². The molecule has 2 aromatic carbocycles. The van der Waals surface area contributed by atoms with E-state index in [9.17, 15) is 9.90 Å². The Morgan fingerprint density at radius 1 is 1.14 bits per heavy atom. The molecule has 0 saturated carbocycles. The van der Waals surface area contributed by atoms with E-state index in [1.807, 2.05) is 36.4 Å². The minimum Gasteiger partial charge on any atom is -0.544 e. The Bertz CT molecular complexity index is 957. The summed E-state index contributed by atoms with van der Waals surface area (Å²) in [5, 5.41) is 14.7. The van der Waals surface area contributed by atoms with E-state index < -0.39 is 5.97 Å². The Morgan fingerprint density at radius 2 is 1.93 bits per heavy atom. The van der Waals surface area contributed by atoms with Gasteiger partial charge in [-0.05, 0) is 43.0 Å². The molecule has 0 aliphatic rings. The van der Waals surface area contributed by atoms with Crippen LogP contribution in [-0.4, -0.2) is 24.7 Å². The van der Waals surface area contributed by atoms with Crippen LogP contribution in [0.1, 0.15) is 32.9 Å². The van der Waals surface area contributed by atoms with Crippen molar-refractivity contribution >= 4 is 22.4 Å².